The summed E-state index contributed by atoms with van der Waals surface area (Å²) in [6.07, 6.45) is 4.91. The highest BCUT2D eigenvalue weighted by molar-refractivity contribution is 6.34. The fourth-order valence-corrected chi connectivity index (χ4v) is 2.70. The third-order valence-corrected chi connectivity index (χ3v) is 3.95. The maximum absolute atomic E-state index is 12.0. The van der Waals surface area contributed by atoms with Gasteiger partial charge in [0, 0.05) is 12.2 Å². The minimum absolute atomic E-state index is 0.152. The van der Waals surface area contributed by atoms with E-state index in [0.717, 1.165) is 13.0 Å². The Hall–Kier alpha value is -1.26. The van der Waals surface area contributed by atoms with Crippen molar-refractivity contribution in [1.82, 2.24) is 10.2 Å². The molecular formula is C15H22ClN3O. The number of carbonyl (C=O) groups excluding carboxylic acids is 1. The van der Waals surface area contributed by atoms with Crippen LogP contribution in [0.1, 0.15) is 36.0 Å². The van der Waals surface area contributed by atoms with E-state index in [0.29, 0.717) is 22.8 Å². The van der Waals surface area contributed by atoms with Gasteiger partial charge in [0.15, 0.2) is 0 Å². The number of hydrogen-bond acceptors (Lipinski definition) is 3. The average Bonchev–Trinajstić information content (AvgIpc) is 2.47. The molecular weight excluding hydrogens is 274 g/mol. The molecule has 5 heteroatoms. The van der Waals surface area contributed by atoms with Gasteiger partial charge in [0.1, 0.15) is 0 Å². The molecule has 0 aliphatic carbocycles. The number of nitrogen functional groups attached to an aromatic ring is 1. The van der Waals surface area contributed by atoms with Crippen LogP contribution >= 0.6 is 11.6 Å². The maximum Gasteiger partial charge on any atom is 0.252 e. The van der Waals surface area contributed by atoms with Crippen LogP contribution in [0.15, 0.2) is 18.2 Å². The van der Waals surface area contributed by atoms with Crippen LogP contribution in [0.4, 0.5) is 5.69 Å². The average molecular weight is 296 g/mol. The molecule has 20 heavy (non-hydrogen) atoms. The largest absolute Gasteiger partial charge is 0.399 e. The van der Waals surface area contributed by atoms with E-state index in [1.807, 2.05) is 0 Å². The summed E-state index contributed by atoms with van der Waals surface area (Å²) in [6.45, 7) is 4.09. The van der Waals surface area contributed by atoms with Crippen LogP contribution in [0.25, 0.3) is 0 Å². The number of halogens is 1. The highest BCUT2D eigenvalue weighted by Crippen LogP contribution is 2.18. The summed E-state index contributed by atoms with van der Waals surface area (Å²) in [7, 11) is 0. The summed E-state index contributed by atoms with van der Waals surface area (Å²) < 4.78 is 0. The van der Waals surface area contributed by atoms with Crippen molar-refractivity contribution in [1.29, 1.82) is 0 Å². The molecule has 1 aliphatic rings. The number of carbonyl (C=O) groups is 1. The lowest BCUT2D eigenvalue weighted by Crippen LogP contribution is -2.33. The Kier molecular flexibility index (Phi) is 5.68. The van der Waals surface area contributed by atoms with Gasteiger partial charge in [-0.2, -0.15) is 0 Å². The molecule has 1 aromatic rings. The number of benzene rings is 1. The SMILES string of the molecule is Nc1ccc(Cl)c(C(=O)NCCCN2CCCCC2)c1. The van der Waals surface area contributed by atoms with E-state index < -0.39 is 0 Å². The molecule has 0 unspecified atom stereocenters. The molecule has 0 aromatic heterocycles. The summed E-state index contributed by atoms with van der Waals surface area (Å²) in [5.74, 6) is -0.152. The first-order valence-electron chi connectivity index (χ1n) is 7.22. The lowest BCUT2D eigenvalue weighted by Gasteiger charge is -2.26. The summed E-state index contributed by atoms with van der Waals surface area (Å²) in [5.41, 5.74) is 6.67. The number of hydrogen-bond donors (Lipinski definition) is 2. The van der Waals surface area contributed by atoms with Crippen LogP contribution in [-0.4, -0.2) is 37.0 Å². The van der Waals surface area contributed by atoms with Gasteiger partial charge in [0.25, 0.3) is 5.91 Å². The first-order chi connectivity index (χ1) is 9.66. The summed E-state index contributed by atoms with van der Waals surface area (Å²) in [5, 5.41) is 3.34. The number of nitrogens with one attached hydrogen (secondary N) is 1. The van der Waals surface area contributed by atoms with Gasteiger partial charge in [-0.15, -0.1) is 0 Å². The first-order valence-corrected chi connectivity index (χ1v) is 7.60. The number of anilines is 1. The Labute approximate surface area is 125 Å². The van der Waals surface area contributed by atoms with E-state index in [1.54, 1.807) is 18.2 Å². The van der Waals surface area contributed by atoms with Gasteiger partial charge in [0.05, 0.1) is 10.6 Å². The summed E-state index contributed by atoms with van der Waals surface area (Å²) in [6, 6.07) is 4.96. The van der Waals surface area contributed by atoms with Crippen molar-refractivity contribution in [3.05, 3.63) is 28.8 Å². The lowest BCUT2D eigenvalue weighted by atomic mass is 10.1. The maximum atomic E-state index is 12.0. The van der Waals surface area contributed by atoms with Gasteiger partial charge < -0.3 is 16.0 Å². The van der Waals surface area contributed by atoms with Crippen molar-refractivity contribution in [3.8, 4) is 0 Å². The van der Waals surface area contributed by atoms with E-state index in [1.165, 1.54) is 32.4 Å². The Morgan fingerprint density at radius 3 is 2.80 bits per heavy atom. The number of likely N-dealkylation sites (tertiary alicyclic amines) is 1. The summed E-state index contributed by atoms with van der Waals surface area (Å²) in [4.78, 5) is 14.5. The van der Waals surface area contributed by atoms with E-state index in [4.69, 9.17) is 17.3 Å². The predicted molar refractivity (Wildman–Crippen MR) is 83.1 cm³/mol. The van der Waals surface area contributed by atoms with Crippen LogP contribution in [0, 0.1) is 0 Å². The Balaban J connectivity index is 1.73. The van der Waals surface area contributed by atoms with Crippen LogP contribution in [0.5, 0.6) is 0 Å². The van der Waals surface area contributed by atoms with Crippen LogP contribution < -0.4 is 11.1 Å². The van der Waals surface area contributed by atoms with Gasteiger partial charge in [-0.05, 0) is 57.1 Å². The van der Waals surface area contributed by atoms with Crippen LogP contribution in [0.2, 0.25) is 5.02 Å². The summed E-state index contributed by atoms with van der Waals surface area (Å²) >= 11 is 6.00. The monoisotopic (exact) mass is 295 g/mol. The minimum atomic E-state index is -0.152. The van der Waals surface area contributed by atoms with Crippen molar-refractivity contribution in [2.24, 2.45) is 0 Å². The Bertz CT molecular complexity index is 458. The number of rotatable bonds is 5. The normalized spacial score (nSPS) is 16.1. The Morgan fingerprint density at radius 1 is 1.30 bits per heavy atom. The van der Waals surface area contributed by atoms with Crippen molar-refractivity contribution >= 4 is 23.2 Å². The Morgan fingerprint density at radius 2 is 2.05 bits per heavy atom. The third kappa shape index (κ3) is 4.39. The molecule has 1 aliphatic heterocycles. The van der Waals surface area contributed by atoms with E-state index in [9.17, 15) is 4.79 Å². The standard InChI is InChI=1S/C15H22ClN3O/c16-14-6-5-12(17)11-13(14)15(20)18-7-4-10-19-8-2-1-3-9-19/h5-6,11H,1-4,7-10,17H2,(H,18,20). The highest BCUT2D eigenvalue weighted by atomic mass is 35.5. The molecule has 0 bridgehead atoms. The molecule has 0 atom stereocenters. The molecule has 1 aromatic carbocycles. The van der Waals surface area contributed by atoms with Gasteiger partial charge in [0.2, 0.25) is 0 Å². The topological polar surface area (TPSA) is 58.4 Å². The van der Waals surface area contributed by atoms with Crippen molar-refractivity contribution in [2.45, 2.75) is 25.7 Å². The van der Waals surface area contributed by atoms with Crippen LogP contribution in [0.3, 0.4) is 0 Å². The molecule has 0 saturated carbocycles. The predicted octanol–water partition coefficient (Wildman–Crippen LogP) is 2.53. The second-order valence-electron chi connectivity index (χ2n) is 5.25. The molecule has 0 spiro atoms. The van der Waals surface area contributed by atoms with Crippen molar-refractivity contribution in [2.75, 3.05) is 31.9 Å². The molecule has 4 nitrogen and oxygen atoms in total. The smallest absolute Gasteiger partial charge is 0.252 e. The fraction of sp³-hybridized carbons (Fsp3) is 0.533. The van der Waals surface area contributed by atoms with E-state index in [2.05, 4.69) is 10.2 Å². The molecule has 1 amide bonds. The second-order valence-corrected chi connectivity index (χ2v) is 5.66. The number of nitrogens with two attached hydrogens (primary N) is 1. The first kappa shape index (κ1) is 15.1. The van der Waals surface area contributed by atoms with Crippen molar-refractivity contribution in [3.63, 3.8) is 0 Å². The molecule has 1 heterocycles. The lowest BCUT2D eigenvalue weighted by molar-refractivity contribution is 0.0951. The molecule has 1 saturated heterocycles. The number of nitrogens with zero attached hydrogens (tertiary/aromatic N) is 1. The van der Waals surface area contributed by atoms with E-state index >= 15 is 0 Å². The highest BCUT2D eigenvalue weighted by Gasteiger charge is 2.11. The third-order valence-electron chi connectivity index (χ3n) is 3.62. The zero-order valence-electron chi connectivity index (χ0n) is 11.7. The quantitative estimate of drug-likeness (QED) is 0.648. The van der Waals surface area contributed by atoms with Crippen molar-refractivity contribution < 1.29 is 4.79 Å². The van der Waals surface area contributed by atoms with Gasteiger partial charge in [-0.1, -0.05) is 18.0 Å². The minimum Gasteiger partial charge on any atom is -0.399 e. The molecule has 2 rings (SSSR count). The van der Waals surface area contributed by atoms with E-state index in [-0.39, 0.29) is 5.91 Å². The number of amides is 1. The molecule has 0 radical (unpaired) electrons. The molecule has 3 N–H and O–H groups in total. The van der Waals surface area contributed by atoms with Gasteiger partial charge >= 0.3 is 0 Å². The van der Waals surface area contributed by atoms with Crippen LogP contribution in [-0.2, 0) is 0 Å². The fourth-order valence-electron chi connectivity index (χ4n) is 2.50. The molecule has 1 fully saturated rings. The molecule has 110 valence electrons. The zero-order chi connectivity index (χ0) is 14.4. The van der Waals surface area contributed by atoms with Gasteiger partial charge in [-0.3, -0.25) is 4.79 Å². The second kappa shape index (κ2) is 7.50. The zero-order valence-corrected chi connectivity index (χ0v) is 12.5. The van der Waals surface area contributed by atoms with Gasteiger partial charge in [-0.25, -0.2) is 0 Å². The number of piperidine rings is 1.